The van der Waals surface area contributed by atoms with Crippen LogP contribution in [0.15, 0.2) is 12.1 Å². The molecule has 2 rings (SSSR count). The monoisotopic (exact) mass is 314 g/mol. The largest absolute Gasteiger partial charge is 0.350 e. The van der Waals surface area contributed by atoms with E-state index in [1.54, 1.807) is 6.92 Å². The van der Waals surface area contributed by atoms with Gasteiger partial charge in [-0.25, -0.2) is 13.2 Å². The first kappa shape index (κ1) is 16.3. The molecule has 1 N–H and O–H groups in total. The Morgan fingerprint density at radius 3 is 2.73 bits per heavy atom. The number of amides is 2. The van der Waals surface area contributed by atoms with E-state index < -0.39 is 29.4 Å². The van der Waals surface area contributed by atoms with Crippen LogP contribution in [-0.2, 0) is 16.1 Å². The van der Waals surface area contributed by atoms with E-state index in [2.05, 4.69) is 5.32 Å². The summed E-state index contributed by atoms with van der Waals surface area (Å²) >= 11 is 0. The number of carbonyl (C=O) groups is 2. The Morgan fingerprint density at radius 2 is 2.05 bits per heavy atom. The summed E-state index contributed by atoms with van der Waals surface area (Å²) in [6.07, 6.45) is 1.56. The Morgan fingerprint density at radius 1 is 1.32 bits per heavy atom. The van der Waals surface area contributed by atoms with Gasteiger partial charge in [0.2, 0.25) is 11.8 Å². The molecule has 7 heteroatoms. The van der Waals surface area contributed by atoms with Crippen molar-refractivity contribution in [3.8, 4) is 0 Å². The first-order valence-corrected chi connectivity index (χ1v) is 7.15. The lowest BCUT2D eigenvalue weighted by Crippen LogP contribution is -2.51. The molecule has 22 heavy (non-hydrogen) atoms. The third-order valence-electron chi connectivity index (χ3n) is 3.78. The maximum absolute atomic E-state index is 13.5. The van der Waals surface area contributed by atoms with E-state index in [1.165, 1.54) is 4.90 Å². The van der Waals surface area contributed by atoms with Crippen molar-refractivity contribution in [2.24, 2.45) is 0 Å². The molecule has 1 heterocycles. The summed E-state index contributed by atoms with van der Waals surface area (Å²) in [5.74, 6) is -4.66. The molecule has 1 atom stereocenters. The Balaban J connectivity index is 2.03. The minimum Gasteiger partial charge on any atom is -0.350 e. The molecular weight excluding hydrogens is 297 g/mol. The minimum absolute atomic E-state index is 0.0899. The Kier molecular flexibility index (Phi) is 5.05. The summed E-state index contributed by atoms with van der Waals surface area (Å²) < 4.78 is 39.5. The van der Waals surface area contributed by atoms with Crippen LogP contribution < -0.4 is 5.32 Å². The Hall–Kier alpha value is -2.05. The van der Waals surface area contributed by atoms with E-state index in [-0.39, 0.29) is 18.0 Å². The number of carbonyl (C=O) groups excluding carboxylic acids is 2. The number of nitrogens with zero attached hydrogens (tertiary/aromatic N) is 1. The molecular formula is C15H17F3N2O2. The molecule has 0 bridgehead atoms. The van der Waals surface area contributed by atoms with Crippen molar-refractivity contribution in [2.75, 3.05) is 6.54 Å². The Labute approximate surface area is 126 Å². The molecule has 0 spiro atoms. The average molecular weight is 314 g/mol. The van der Waals surface area contributed by atoms with Gasteiger partial charge in [-0.05, 0) is 25.8 Å². The summed E-state index contributed by atoms with van der Waals surface area (Å²) in [6, 6.07) is 1.29. The molecule has 0 aliphatic carbocycles. The molecule has 1 aromatic rings. The van der Waals surface area contributed by atoms with Crippen LogP contribution in [0.2, 0.25) is 0 Å². The van der Waals surface area contributed by atoms with E-state index in [1.807, 2.05) is 0 Å². The maximum atomic E-state index is 13.5. The predicted molar refractivity (Wildman–Crippen MR) is 73.2 cm³/mol. The smallest absolute Gasteiger partial charge is 0.243 e. The lowest BCUT2D eigenvalue weighted by Gasteiger charge is -2.33. The van der Waals surface area contributed by atoms with Crippen LogP contribution >= 0.6 is 0 Å². The summed E-state index contributed by atoms with van der Waals surface area (Å²) in [5.41, 5.74) is -0.141. The normalized spacial score (nSPS) is 18.5. The fraction of sp³-hybridized carbons (Fsp3) is 0.467. The highest BCUT2D eigenvalue weighted by Crippen LogP contribution is 2.19. The number of nitrogens with one attached hydrogen (secondary N) is 1. The van der Waals surface area contributed by atoms with Crippen LogP contribution in [0.4, 0.5) is 13.2 Å². The highest BCUT2D eigenvalue weighted by molar-refractivity contribution is 5.88. The van der Waals surface area contributed by atoms with Crippen molar-refractivity contribution in [1.29, 1.82) is 0 Å². The molecule has 1 fully saturated rings. The van der Waals surface area contributed by atoms with Crippen LogP contribution in [0.1, 0.15) is 31.7 Å². The van der Waals surface area contributed by atoms with Gasteiger partial charge in [0.15, 0.2) is 17.5 Å². The molecule has 0 radical (unpaired) electrons. The van der Waals surface area contributed by atoms with Gasteiger partial charge in [-0.15, -0.1) is 0 Å². The maximum Gasteiger partial charge on any atom is 0.243 e. The van der Waals surface area contributed by atoms with Crippen molar-refractivity contribution in [3.05, 3.63) is 35.1 Å². The first-order chi connectivity index (χ1) is 10.5. The molecule has 0 aromatic heterocycles. The highest BCUT2D eigenvalue weighted by atomic mass is 19.2. The Bertz CT molecular complexity index is 592. The molecule has 1 saturated heterocycles. The minimum atomic E-state index is -1.56. The van der Waals surface area contributed by atoms with Crippen molar-refractivity contribution < 1.29 is 22.8 Å². The lowest BCUT2D eigenvalue weighted by atomic mass is 10.0. The predicted octanol–water partition coefficient (Wildman–Crippen LogP) is 2.12. The zero-order valence-corrected chi connectivity index (χ0v) is 12.2. The van der Waals surface area contributed by atoms with E-state index >= 15 is 0 Å². The van der Waals surface area contributed by atoms with E-state index in [9.17, 15) is 22.8 Å². The van der Waals surface area contributed by atoms with Gasteiger partial charge in [-0.3, -0.25) is 9.59 Å². The third-order valence-corrected chi connectivity index (χ3v) is 3.78. The zero-order chi connectivity index (χ0) is 16.3. The number of likely N-dealkylation sites (N-methyl/N-ethyl adjacent to an activating group) is 1. The quantitative estimate of drug-likeness (QED) is 0.866. The van der Waals surface area contributed by atoms with Crippen LogP contribution in [0.25, 0.3) is 0 Å². The van der Waals surface area contributed by atoms with Crippen LogP contribution in [-0.4, -0.2) is 29.3 Å². The first-order valence-electron chi connectivity index (χ1n) is 7.15. The van der Waals surface area contributed by atoms with Gasteiger partial charge in [0.05, 0.1) is 0 Å². The average Bonchev–Trinajstić information content (AvgIpc) is 2.51. The molecule has 1 aromatic carbocycles. The van der Waals surface area contributed by atoms with Crippen LogP contribution in [0.5, 0.6) is 0 Å². The van der Waals surface area contributed by atoms with E-state index in [0.717, 1.165) is 12.1 Å². The summed E-state index contributed by atoms with van der Waals surface area (Å²) in [7, 11) is 0. The molecule has 0 saturated carbocycles. The number of hydrogen-bond donors (Lipinski definition) is 1. The van der Waals surface area contributed by atoms with Gasteiger partial charge >= 0.3 is 0 Å². The fourth-order valence-electron chi connectivity index (χ4n) is 2.59. The second kappa shape index (κ2) is 6.81. The van der Waals surface area contributed by atoms with Gasteiger partial charge in [0.1, 0.15) is 6.04 Å². The van der Waals surface area contributed by atoms with Crippen molar-refractivity contribution >= 4 is 11.8 Å². The van der Waals surface area contributed by atoms with E-state index in [4.69, 9.17) is 0 Å². The highest BCUT2D eigenvalue weighted by Gasteiger charge is 2.31. The van der Waals surface area contributed by atoms with Crippen molar-refractivity contribution in [3.63, 3.8) is 0 Å². The van der Waals surface area contributed by atoms with E-state index in [0.29, 0.717) is 25.8 Å². The number of hydrogen-bond acceptors (Lipinski definition) is 2. The zero-order valence-electron chi connectivity index (χ0n) is 12.2. The van der Waals surface area contributed by atoms with Gasteiger partial charge < -0.3 is 10.2 Å². The second-order valence-corrected chi connectivity index (χ2v) is 5.14. The number of benzene rings is 1. The number of halogens is 3. The topological polar surface area (TPSA) is 49.4 Å². The molecule has 1 aliphatic heterocycles. The van der Waals surface area contributed by atoms with Crippen LogP contribution in [0, 0.1) is 17.5 Å². The molecule has 1 aliphatic rings. The van der Waals surface area contributed by atoms with Gasteiger partial charge in [0.25, 0.3) is 0 Å². The SMILES string of the molecule is CCN1C(=O)CCCC1C(=O)NCc1ccc(F)c(F)c1F. The van der Waals surface area contributed by atoms with Gasteiger partial charge in [-0.1, -0.05) is 6.07 Å². The van der Waals surface area contributed by atoms with Crippen molar-refractivity contribution in [1.82, 2.24) is 10.2 Å². The molecule has 120 valence electrons. The van der Waals surface area contributed by atoms with Crippen molar-refractivity contribution in [2.45, 2.75) is 38.8 Å². The summed E-state index contributed by atoms with van der Waals surface area (Å²) in [5, 5.41) is 2.48. The fourth-order valence-corrected chi connectivity index (χ4v) is 2.59. The molecule has 1 unspecified atom stereocenters. The number of piperidine rings is 1. The van der Waals surface area contributed by atoms with Gasteiger partial charge in [0, 0.05) is 25.1 Å². The van der Waals surface area contributed by atoms with Gasteiger partial charge in [-0.2, -0.15) is 0 Å². The second-order valence-electron chi connectivity index (χ2n) is 5.14. The summed E-state index contributed by atoms with van der Waals surface area (Å²) in [4.78, 5) is 25.4. The molecule has 2 amide bonds. The standard InChI is InChI=1S/C15H17F3N2O2/c1-2-20-11(4-3-5-12(20)21)15(22)19-8-9-6-7-10(16)14(18)13(9)17/h6-7,11H,2-5,8H2,1H3,(H,19,22). The lowest BCUT2D eigenvalue weighted by molar-refractivity contribution is -0.143. The summed E-state index contributed by atoms with van der Waals surface area (Å²) in [6.45, 7) is 1.93. The number of rotatable bonds is 4. The number of likely N-dealkylation sites (tertiary alicyclic amines) is 1. The molecule has 4 nitrogen and oxygen atoms in total. The van der Waals surface area contributed by atoms with Crippen LogP contribution in [0.3, 0.4) is 0 Å². The third kappa shape index (κ3) is 3.23.